The average Bonchev–Trinajstić information content (AvgIpc) is 2.89. The Hall–Kier alpha value is -2.89. The van der Waals surface area contributed by atoms with E-state index in [9.17, 15) is 14.0 Å². The van der Waals surface area contributed by atoms with Crippen LogP contribution in [0, 0.1) is 5.82 Å². The maximum absolute atomic E-state index is 13.6. The molecule has 0 atom stereocenters. The van der Waals surface area contributed by atoms with Gasteiger partial charge in [0.25, 0.3) is 0 Å². The predicted octanol–water partition coefficient (Wildman–Crippen LogP) is 2.72. The summed E-state index contributed by atoms with van der Waals surface area (Å²) in [5, 5.41) is 17.6. The van der Waals surface area contributed by atoms with Gasteiger partial charge >= 0.3 is 5.97 Å². The number of carboxylic acids is 1. The molecule has 0 amide bonds. The van der Waals surface area contributed by atoms with E-state index < -0.39 is 23.3 Å². The molecule has 0 saturated carbocycles. The minimum Gasteiger partial charge on any atom is -0.502 e. The summed E-state index contributed by atoms with van der Waals surface area (Å²) >= 11 is 0. The van der Waals surface area contributed by atoms with Gasteiger partial charge < -0.3 is 14.6 Å². The van der Waals surface area contributed by atoms with Gasteiger partial charge in [0.2, 0.25) is 5.76 Å². The van der Waals surface area contributed by atoms with Crippen LogP contribution in [0.1, 0.15) is 21.7 Å². The van der Waals surface area contributed by atoms with Crippen LogP contribution in [-0.2, 0) is 11.2 Å². The van der Waals surface area contributed by atoms with Gasteiger partial charge in [0.05, 0.1) is 11.8 Å². The summed E-state index contributed by atoms with van der Waals surface area (Å²) in [6, 6.07) is 7.37. The maximum Gasteiger partial charge on any atom is 0.371 e. The first kappa shape index (κ1) is 14.5. The number of halogens is 1. The van der Waals surface area contributed by atoms with E-state index in [1.807, 2.05) is 0 Å². The summed E-state index contributed by atoms with van der Waals surface area (Å²) in [6.07, 6.45) is 1.87. The second-order valence-corrected chi connectivity index (χ2v) is 4.22. The molecule has 1 aromatic carbocycles. The first-order chi connectivity index (χ1) is 9.99. The highest BCUT2D eigenvalue weighted by atomic mass is 19.1. The number of rotatable bonds is 5. The van der Waals surface area contributed by atoms with Gasteiger partial charge in [-0.2, -0.15) is 0 Å². The molecule has 0 spiro atoms. The first-order valence-electron chi connectivity index (χ1n) is 5.97. The third-order valence-corrected chi connectivity index (χ3v) is 2.81. The second-order valence-electron chi connectivity index (χ2n) is 4.22. The van der Waals surface area contributed by atoms with Crippen LogP contribution >= 0.6 is 0 Å². The van der Waals surface area contributed by atoms with Crippen molar-refractivity contribution in [2.45, 2.75) is 6.42 Å². The predicted molar refractivity (Wildman–Crippen MR) is 70.6 cm³/mol. The number of hydrogen-bond donors (Lipinski definition) is 2. The van der Waals surface area contributed by atoms with Crippen molar-refractivity contribution in [2.24, 2.45) is 0 Å². The molecule has 108 valence electrons. The molecule has 0 aliphatic heterocycles. The summed E-state index contributed by atoms with van der Waals surface area (Å²) in [4.78, 5) is 22.3. The van der Waals surface area contributed by atoms with Crippen LogP contribution in [0.5, 0.6) is 0 Å². The number of carbonyl (C=O) groups is 2. The Bertz CT molecular complexity index is 714. The summed E-state index contributed by atoms with van der Waals surface area (Å²) in [6.45, 7) is 0. The van der Waals surface area contributed by atoms with Crippen LogP contribution < -0.4 is 0 Å². The Morgan fingerprint density at radius 2 is 1.90 bits per heavy atom. The molecule has 0 bridgehead atoms. The fourth-order valence-corrected chi connectivity index (χ4v) is 1.78. The minimum atomic E-state index is -1.61. The molecule has 2 N–H and O–H groups in total. The fourth-order valence-electron chi connectivity index (χ4n) is 1.78. The molecule has 6 heteroatoms. The van der Waals surface area contributed by atoms with Gasteiger partial charge in [0.15, 0.2) is 5.78 Å². The molecule has 0 aliphatic carbocycles. The molecule has 1 heterocycles. The molecular weight excluding hydrogens is 279 g/mol. The number of carboxylic acid groups (broad SMARTS) is 1. The number of allylic oxidation sites excluding steroid dienone is 1. The van der Waals surface area contributed by atoms with Gasteiger partial charge in [0, 0.05) is 12.5 Å². The van der Waals surface area contributed by atoms with Gasteiger partial charge in [-0.25, -0.2) is 9.18 Å². The van der Waals surface area contributed by atoms with Gasteiger partial charge in [-0.15, -0.1) is 0 Å². The second kappa shape index (κ2) is 6.04. The normalized spacial score (nSPS) is 11.4. The molecule has 0 unspecified atom stereocenters. The molecule has 0 radical (unpaired) electrons. The SMILES string of the molecule is O=C(O)C(O)=CC(=O)c1ccoc1Cc1ccccc1F. The zero-order chi connectivity index (χ0) is 15.4. The van der Waals surface area contributed by atoms with Gasteiger partial charge in [-0.05, 0) is 17.7 Å². The van der Waals surface area contributed by atoms with E-state index in [-0.39, 0.29) is 17.7 Å². The van der Waals surface area contributed by atoms with E-state index in [2.05, 4.69) is 0 Å². The van der Waals surface area contributed by atoms with Crippen LogP contribution in [0.4, 0.5) is 4.39 Å². The largest absolute Gasteiger partial charge is 0.502 e. The van der Waals surface area contributed by atoms with Crippen molar-refractivity contribution in [1.82, 2.24) is 0 Å². The third kappa shape index (κ3) is 3.36. The van der Waals surface area contributed by atoms with Crippen LogP contribution in [0.25, 0.3) is 0 Å². The minimum absolute atomic E-state index is 0.0441. The highest BCUT2D eigenvalue weighted by molar-refractivity contribution is 6.08. The number of aliphatic carboxylic acids is 1. The molecule has 21 heavy (non-hydrogen) atoms. The molecular formula is C15H11FO5. The molecule has 1 aromatic heterocycles. The number of benzene rings is 1. The standard InChI is InChI=1S/C15H11FO5/c16-11-4-2-1-3-9(11)7-14-10(5-6-21-14)12(17)8-13(18)15(19)20/h1-6,8,18H,7H2,(H,19,20). The van der Waals surface area contributed by atoms with Crippen molar-refractivity contribution < 1.29 is 28.6 Å². The Balaban J connectivity index is 2.27. The van der Waals surface area contributed by atoms with E-state index >= 15 is 0 Å². The van der Waals surface area contributed by atoms with Crippen molar-refractivity contribution in [3.05, 3.63) is 71.1 Å². The monoisotopic (exact) mass is 290 g/mol. The van der Waals surface area contributed by atoms with E-state index in [0.717, 1.165) is 0 Å². The summed E-state index contributed by atoms with van der Waals surface area (Å²) in [7, 11) is 0. The number of furan rings is 1. The molecule has 5 nitrogen and oxygen atoms in total. The number of ketones is 1. The molecule has 0 fully saturated rings. The number of carbonyl (C=O) groups excluding carboxylic acids is 1. The summed E-state index contributed by atoms with van der Waals surface area (Å²) < 4.78 is 18.7. The fraction of sp³-hybridized carbons (Fsp3) is 0.0667. The zero-order valence-electron chi connectivity index (χ0n) is 10.7. The van der Waals surface area contributed by atoms with E-state index in [1.165, 1.54) is 18.4 Å². The van der Waals surface area contributed by atoms with Crippen molar-refractivity contribution in [1.29, 1.82) is 0 Å². The lowest BCUT2D eigenvalue weighted by Crippen LogP contribution is -2.05. The first-order valence-corrected chi connectivity index (χ1v) is 5.97. The molecule has 2 aromatic rings. The summed E-state index contributed by atoms with van der Waals surface area (Å²) in [5.74, 6) is -3.65. The molecule has 0 saturated heterocycles. The van der Waals surface area contributed by atoms with Crippen LogP contribution in [0.2, 0.25) is 0 Å². The highest BCUT2D eigenvalue weighted by Crippen LogP contribution is 2.19. The van der Waals surface area contributed by atoms with Crippen molar-refractivity contribution >= 4 is 11.8 Å². The molecule has 2 rings (SSSR count). The van der Waals surface area contributed by atoms with Crippen molar-refractivity contribution in [3.63, 3.8) is 0 Å². The topological polar surface area (TPSA) is 87.7 Å². The number of aliphatic hydroxyl groups excluding tert-OH is 1. The smallest absolute Gasteiger partial charge is 0.371 e. The lowest BCUT2D eigenvalue weighted by Gasteiger charge is -2.02. The summed E-state index contributed by atoms with van der Waals surface area (Å²) in [5.41, 5.74) is 0.416. The van der Waals surface area contributed by atoms with Gasteiger partial charge in [-0.1, -0.05) is 18.2 Å². The zero-order valence-corrected chi connectivity index (χ0v) is 10.7. The Morgan fingerprint density at radius 3 is 2.57 bits per heavy atom. The molecule has 0 aliphatic rings. The quantitative estimate of drug-likeness (QED) is 0.502. The third-order valence-electron chi connectivity index (χ3n) is 2.81. The van der Waals surface area contributed by atoms with Crippen LogP contribution in [0.3, 0.4) is 0 Å². The van der Waals surface area contributed by atoms with E-state index in [0.29, 0.717) is 11.6 Å². The van der Waals surface area contributed by atoms with E-state index in [4.69, 9.17) is 14.6 Å². The van der Waals surface area contributed by atoms with Crippen molar-refractivity contribution in [2.75, 3.05) is 0 Å². The number of aliphatic hydroxyl groups is 1. The Kier molecular flexibility index (Phi) is 4.18. The van der Waals surface area contributed by atoms with Crippen LogP contribution in [-0.4, -0.2) is 22.0 Å². The lowest BCUT2D eigenvalue weighted by molar-refractivity contribution is -0.135. The van der Waals surface area contributed by atoms with Gasteiger partial charge in [0.1, 0.15) is 11.6 Å². The highest BCUT2D eigenvalue weighted by Gasteiger charge is 2.17. The Morgan fingerprint density at radius 1 is 1.19 bits per heavy atom. The van der Waals surface area contributed by atoms with Gasteiger partial charge in [-0.3, -0.25) is 4.79 Å². The maximum atomic E-state index is 13.6. The average molecular weight is 290 g/mol. The lowest BCUT2D eigenvalue weighted by atomic mass is 10.0. The van der Waals surface area contributed by atoms with Crippen LogP contribution in [0.15, 0.2) is 52.8 Å². The number of hydrogen-bond acceptors (Lipinski definition) is 4. The Labute approximate surface area is 118 Å². The van der Waals surface area contributed by atoms with Crippen molar-refractivity contribution in [3.8, 4) is 0 Å². The van der Waals surface area contributed by atoms with E-state index in [1.54, 1.807) is 18.2 Å².